The summed E-state index contributed by atoms with van der Waals surface area (Å²) in [6.45, 7) is 1.51. The van der Waals surface area contributed by atoms with E-state index in [2.05, 4.69) is 15.4 Å². The van der Waals surface area contributed by atoms with Crippen LogP contribution in [0.5, 0.6) is 0 Å². The maximum absolute atomic E-state index is 13.3. The summed E-state index contributed by atoms with van der Waals surface area (Å²) in [5.74, 6) is -0.749. The summed E-state index contributed by atoms with van der Waals surface area (Å²) in [5, 5.41) is 8.16. The second-order valence-electron chi connectivity index (χ2n) is 7.80. The van der Waals surface area contributed by atoms with Gasteiger partial charge in [0.25, 0.3) is 11.5 Å². The van der Waals surface area contributed by atoms with E-state index in [0.29, 0.717) is 22.1 Å². The lowest BCUT2D eigenvalue weighted by Gasteiger charge is -2.22. The van der Waals surface area contributed by atoms with E-state index in [1.165, 1.54) is 20.2 Å². The molecular weight excluding hydrogens is 446 g/mol. The van der Waals surface area contributed by atoms with Crippen LogP contribution in [0, 0.1) is 0 Å². The fraction of sp³-hybridized carbons (Fsp3) is 0.227. The number of fused-ring (bicyclic) bond motifs is 2. The molecule has 3 aromatic heterocycles. The van der Waals surface area contributed by atoms with Gasteiger partial charge in [0.15, 0.2) is 11.5 Å². The zero-order chi connectivity index (χ0) is 23.9. The molecule has 1 unspecified atom stereocenters. The van der Waals surface area contributed by atoms with E-state index in [9.17, 15) is 14.4 Å². The van der Waals surface area contributed by atoms with Crippen molar-refractivity contribution >= 4 is 45.7 Å². The van der Waals surface area contributed by atoms with E-state index >= 15 is 0 Å². The topological polar surface area (TPSA) is 128 Å². The van der Waals surface area contributed by atoms with Crippen LogP contribution in [0.3, 0.4) is 0 Å². The van der Waals surface area contributed by atoms with Crippen LogP contribution in [0.1, 0.15) is 29.0 Å². The molecule has 10 nitrogen and oxygen atoms in total. The number of pyridine rings is 1. The first-order chi connectivity index (χ1) is 15.7. The molecule has 0 bridgehead atoms. The van der Waals surface area contributed by atoms with Crippen molar-refractivity contribution < 1.29 is 9.59 Å². The predicted octanol–water partition coefficient (Wildman–Crippen LogP) is 1.86. The third-order valence-corrected chi connectivity index (χ3v) is 5.67. The van der Waals surface area contributed by atoms with Crippen LogP contribution in [-0.2, 0) is 11.3 Å². The average molecular weight is 468 g/mol. The van der Waals surface area contributed by atoms with E-state index < -0.39 is 17.5 Å². The van der Waals surface area contributed by atoms with Gasteiger partial charge in [0, 0.05) is 32.2 Å². The zero-order valence-corrected chi connectivity index (χ0v) is 19.0. The van der Waals surface area contributed by atoms with Crippen molar-refractivity contribution in [1.29, 1.82) is 0 Å². The van der Waals surface area contributed by atoms with Gasteiger partial charge in [-0.2, -0.15) is 0 Å². The van der Waals surface area contributed by atoms with Gasteiger partial charge in [-0.3, -0.25) is 14.4 Å². The molecule has 1 atom stereocenters. The summed E-state index contributed by atoms with van der Waals surface area (Å²) >= 11 is 6.28. The molecule has 2 amide bonds. The Bertz CT molecular complexity index is 1460. The minimum atomic E-state index is -0.651. The third-order valence-electron chi connectivity index (χ3n) is 5.35. The lowest BCUT2D eigenvalue weighted by molar-refractivity contribution is -0.129. The summed E-state index contributed by atoms with van der Waals surface area (Å²) in [6, 6.07) is 7.87. The van der Waals surface area contributed by atoms with Gasteiger partial charge >= 0.3 is 0 Å². The summed E-state index contributed by atoms with van der Waals surface area (Å²) < 4.78 is 2.75. The molecule has 0 aliphatic heterocycles. The fourth-order valence-corrected chi connectivity index (χ4v) is 3.90. The molecule has 3 N–H and O–H groups in total. The van der Waals surface area contributed by atoms with E-state index in [4.69, 9.17) is 17.3 Å². The number of rotatable bonds is 5. The molecule has 4 aromatic rings. The number of carbonyl (C=O) groups excluding carboxylic acids is 2. The number of nitrogens with one attached hydrogen (secondary N) is 1. The van der Waals surface area contributed by atoms with Gasteiger partial charge in [-0.25, -0.2) is 9.50 Å². The SMILES string of the molecule is CC(NC(=O)c1c(N)nn2cccnc12)c1cc2cccc(Cl)c2c(=O)n1CC(=O)N(C)C. The Morgan fingerprint density at radius 2 is 2.03 bits per heavy atom. The zero-order valence-electron chi connectivity index (χ0n) is 18.2. The van der Waals surface area contributed by atoms with Gasteiger partial charge < -0.3 is 20.5 Å². The smallest absolute Gasteiger partial charge is 0.260 e. The molecule has 4 rings (SSSR count). The quantitative estimate of drug-likeness (QED) is 0.461. The molecule has 0 saturated heterocycles. The van der Waals surface area contributed by atoms with Crippen molar-refractivity contribution in [3.63, 3.8) is 0 Å². The highest BCUT2D eigenvalue weighted by Gasteiger charge is 2.24. The number of benzene rings is 1. The highest BCUT2D eigenvalue weighted by molar-refractivity contribution is 6.35. The number of anilines is 1. The Kier molecular flexibility index (Phi) is 5.77. The fourth-order valence-electron chi connectivity index (χ4n) is 3.64. The van der Waals surface area contributed by atoms with Crippen molar-refractivity contribution in [2.75, 3.05) is 19.8 Å². The average Bonchev–Trinajstić information content (AvgIpc) is 3.10. The normalized spacial score (nSPS) is 12.1. The second-order valence-corrected chi connectivity index (χ2v) is 8.20. The van der Waals surface area contributed by atoms with Gasteiger partial charge in [-0.15, -0.1) is 5.10 Å². The number of nitrogens with zero attached hydrogens (tertiary/aromatic N) is 5. The molecule has 0 radical (unpaired) electrons. The van der Waals surface area contributed by atoms with E-state index in [0.717, 1.165) is 0 Å². The van der Waals surface area contributed by atoms with Crippen LogP contribution in [-0.4, -0.2) is 50.0 Å². The Morgan fingerprint density at radius 3 is 2.76 bits per heavy atom. The molecule has 0 saturated carbocycles. The number of nitrogens with two attached hydrogens (primary N) is 1. The second kappa shape index (κ2) is 8.55. The first-order valence-corrected chi connectivity index (χ1v) is 10.5. The monoisotopic (exact) mass is 467 g/mol. The van der Waals surface area contributed by atoms with Crippen LogP contribution in [0.15, 0.2) is 47.5 Å². The van der Waals surface area contributed by atoms with Crippen molar-refractivity contribution in [1.82, 2.24) is 29.4 Å². The minimum absolute atomic E-state index is 0.0314. The molecule has 0 aliphatic carbocycles. The molecule has 170 valence electrons. The number of likely N-dealkylation sites (N-methyl/N-ethyl adjacent to an activating group) is 1. The van der Waals surface area contributed by atoms with E-state index in [1.54, 1.807) is 57.5 Å². The van der Waals surface area contributed by atoms with Gasteiger partial charge in [0.05, 0.1) is 16.5 Å². The molecule has 33 heavy (non-hydrogen) atoms. The summed E-state index contributed by atoms with van der Waals surface area (Å²) in [5.41, 5.74) is 6.43. The maximum atomic E-state index is 13.3. The van der Waals surface area contributed by atoms with Crippen molar-refractivity contribution in [2.24, 2.45) is 0 Å². The van der Waals surface area contributed by atoms with Crippen molar-refractivity contribution in [3.8, 4) is 0 Å². The lowest BCUT2D eigenvalue weighted by atomic mass is 10.1. The van der Waals surface area contributed by atoms with Crippen LogP contribution in [0.4, 0.5) is 5.82 Å². The van der Waals surface area contributed by atoms with Crippen LogP contribution in [0.25, 0.3) is 16.4 Å². The van der Waals surface area contributed by atoms with Gasteiger partial charge in [0.2, 0.25) is 5.91 Å². The maximum Gasteiger partial charge on any atom is 0.260 e. The van der Waals surface area contributed by atoms with Crippen LogP contribution < -0.4 is 16.6 Å². The number of hydrogen-bond acceptors (Lipinski definition) is 6. The summed E-state index contributed by atoms with van der Waals surface area (Å²) in [6.07, 6.45) is 3.17. The number of carbonyl (C=O) groups is 2. The Labute approximate surface area is 193 Å². The predicted molar refractivity (Wildman–Crippen MR) is 125 cm³/mol. The number of amides is 2. The van der Waals surface area contributed by atoms with Crippen LogP contribution in [0.2, 0.25) is 5.02 Å². The van der Waals surface area contributed by atoms with Crippen molar-refractivity contribution in [3.05, 3.63) is 69.4 Å². The molecule has 0 aliphatic rings. The minimum Gasteiger partial charge on any atom is -0.381 e. The number of nitrogen functional groups attached to an aromatic ring is 1. The Hall–Kier alpha value is -3.92. The number of hydrogen-bond donors (Lipinski definition) is 2. The van der Waals surface area contributed by atoms with Crippen LogP contribution >= 0.6 is 11.6 Å². The molecule has 0 spiro atoms. The van der Waals surface area contributed by atoms with Gasteiger partial charge in [-0.1, -0.05) is 23.7 Å². The van der Waals surface area contributed by atoms with Gasteiger partial charge in [-0.05, 0) is 30.5 Å². The first kappa shape index (κ1) is 22.3. The number of aromatic nitrogens is 4. The molecule has 1 aromatic carbocycles. The highest BCUT2D eigenvalue weighted by atomic mass is 35.5. The number of halogens is 1. The summed E-state index contributed by atoms with van der Waals surface area (Å²) in [7, 11) is 3.21. The van der Waals surface area contributed by atoms with E-state index in [1.807, 2.05) is 0 Å². The lowest BCUT2D eigenvalue weighted by Crippen LogP contribution is -2.37. The molecular formula is C22H22ClN7O3. The van der Waals surface area contributed by atoms with Crippen molar-refractivity contribution in [2.45, 2.75) is 19.5 Å². The molecule has 3 heterocycles. The molecule has 11 heteroatoms. The first-order valence-electron chi connectivity index (χ1n) is 10.1. The Morgan fingerprint density at radius 1 is 1.27 bits per heavy atom. The van der Waals surface area contributed by atoms with Gasteiger partial charge in [0.1, 0.15) is 12.1 Å². The molecule has 0 fully saturated rings. The summed E-state index contributed by atoms with van der Waals surface area (Å²) in [4.78, 5) is 44.5. The third kappa shape index (κ3) is 4.00. The largest absolute Gasteiger partial charge is 0.381 e. The highest BCUT2D eigenvalue weighted by Crippen LogP contribution is 2.24. The standard InChI is InChI=1S/C22H22ClN7O3/c1-12(26-21(32)18-19(24)27-30-9-5-8-25-20(18)30)15-10-13-6-4-7-14(23)17(13)22(33)29(15)11-16(31)28(2)3/h4-10,12H,11H2,1-3H3,(H2,24,27)(H,26,32). The van der Waals surface area contributed by atoms with E-state index in [-0.39, 0.29) is 28.9 Å². The Balaban J connectivity index is 1.79.